The fourth-order valence-electron chi connectivity index (χ4n) is 1.27. The molecule has 1 heterocycles. The van der Waals surface area contributed by atoms with Gasteiger partial charge >= 0.3 is 6.03 Å². The quantitative estimate of drug-likeness (QED) is 0.828. The van der Waals surface area contributed by atoms with Gasteiger partial charge in [0.15, 0.2) is 5.82 Å². The summed E-state index contributed by atoms with van der Waals surface area (Å²) in [5, 5.41) is 2.66. The van der Waals surface area contributed by atoms with Crippen molar-refractivity contribution >= 4 is 29.3 Å². The van der Waals surface area contributed by atoms with Gasteiger partial charge in [-0.1, -0.05) is 24.3 Å². The molecule has 0 aliphatic heterocycles. The molecule has 0 unspecified atom stereocenters. The highest BCUT2D eigenvalue weighted by atomic mass is 35.5. The zero-order valence-electron chi connectivity index (χ0n) is 8.88. The first-order chi connectivity index (χ1) is 8.27. The van der Waals surface area contributed by atoms with Gasteiger partial charge in [-0.25, -0.2) is 9.78 Å². The van der Waals surface area contributed by atoms with Crippen molar-refractivity contribution in [1.82, 2.24) is 4.98 Å². The zero-order chi connectivity index (χ0) is 12.1. The SMILES string of the molecule is O=C(Nc1ccccc1)N(Cl)c1ccccn1. The van der Waals surface area contributed by atoms with Crippen LogP contribution in [0.25, 0.3) is 0 Å². The fourth-order valence-corrected chi connectivity index (χ4v) is 1.41. The van der Waals surface area contributed by atoms with Gasteiger partial charge in [0, 0.05) is 23.7 Å². The third-order valence-electron chi connectivity index (χ3n) is 2.05. The average Bonchev–Trinajstić information content (AvgIpc) is 2.40. The summed E-state index contributed by atoms with van der Waals surface area (Å²) in [6, 6.07) is 13.8. The van der Waals surface area contributed by atoms with Crippen molar-refractivity contribution in [3.05, 3.63) is 54.7 Å². The maximum Gasteiger partial charge on any atom is 0.342 e. The van der Waals surface area contributed by atoms with Gasteiger partial charge in [0.05, 0.1) is 0 Å². The summed E-state index contributed by atoms with van der Waals surface area (Å²) < 4.78 is 0.938. The van der Waals surface area contributed by atoms with Crippen LogP contribution in [0.4, 0.5) is 16.3 Å². The Balaban J connectivity index is 2.06. The van der Waals surface area contributed by atoms with Crippen molar-refractivity contribution in [2.75, 3.05) is 9.74 Å². The Morgan fingerprint density at radius 3 is 2.47 bits per heavy atom. The molecule has 0 aliphatic rings. The summed E-state index contributed by atoms with van der Waals surface area (Å²) in [7, 11) is 0. The summed E-state index contributed by atoms with van der Waals surface area (Å²) in [6.07, 6.45) is 1.57. The van der Waals surface area contributed by atoms with E-state index in [2.05, 4.69) is 10.3 Å². The predicted molar refractivity (Wildman–Crippen MR) is 68.0 cm³/mol. The summed E-state index contributed by atoms with van der Waals surface area (Å²) in [5.74, 6) is 0.377. The number of nitrogens with one attached hydrogen (secondary N) is 1. The largest absolute Gasteiger partial charge is 0.342 e. The van der Waals surface area contributed by atoms with E-state index in [0.717, 1.165) is 4.42 Å². The molecule has 1 aromatic carbocycles. The molecule has 1 N–H and O–H groups in total. The molecule has 0 fully saturated rings. The second-order valence-corrected chi connectivity index (χ2v) is 3.60. The maximum absolute atomic E-state index is 11.8. The first kappa shape index (κ1) is 11.4. The van der Waals surface area contributed by atoms with Crippen LogP contribution in [0.2, 0.25) is 0 Å². The Hall–Kier alpha value is -2.07. The number of hydrogen-bond donors (Lipinski definition) is 1. The summed E-state index contributed by atoms with van der Waals surface area (Å²) in [5.41, 5.74) is 0.680. The van der Waals surface area contributed by atoms with Crippen molar-refractivity contribution in [2.24, 2.45) is 0 Å². The first-order valence-electron chi connectivity index (χ1n) is 5.00. The van der Waals surface area contributed by atoms with Crippen LogP contribution in [0.1, 0.15) is 0 Å². The second kappa shape index (κ2) is 5.32. The summed E-state index contributed by atoms with van der Waals surface area (Å²) in [6.45, 7) is 0. The van der Waals surface area contributed by atoms with Gasteiger partial charge in [-0.05, 0) is 24.3 Å². The minimum Gasteiger partial charge on any atom is -0.306 e. The topological polar surface area (TPSA) is 45.2 Å². The third-order valence-corrected chi connectivity index (χ3v) is 2.38. The molecule has 2 rings (SSSR count). The molecular formula is C12H10ClN3O. The molecule has 2 amide bonds. The summed E-state index contributed by atoms with van der Waals surface area (Å²) >= 11 is 5.87. The van der Waals surface area contributed by atoms with Crippen LogP contribution >= 0.6 is 11.8 Å². The summed E-state index contributed by atoms with van der Waals surface area (Å²) in [4.78, 5) is 15.7. The van der Waals surface area contributed by atoms with E-state index in [9.17, 15) is 4.79 Å². The van der Waals surface area contributed by atoms with Crippen molar-refractivity contribution in [1.29, 1.82) is 0 Å². The molecule has 0 saturated carbocycles. The van der Waals surface area contributed by atoms with E-state index < -0.39 is 6.03 Å². The minimum absolute atomic E-state index is 0.377. The van der Waals surface area contributed by atoms with Crippen molar-refractivity contribution in [3.8, 4) is 0 Å². The molecule has 0 saturated heterocycles. The van der Waals surface area contributed by atoms with E-state index in [1.807, 2.05) is 18.2 Å². The number of urea groups is 1. The Morgan fingerprint density at radius 1 is 1.12 bits per heavy atom. The van der Waals surface area contributed by atoms with Crippen LogP contribution in [0.5, 0.6) is 0 Å². The molecule has 0 bridgehead atoms. The molecule has 17 heavy (non-hydrogen) atoms. The number of aromatic nitrogens is 1. The van der Waals surface area contributed by atoms with Gasteiger partial charge in [0.25, 0.3) is 0 Å². The van der Waals surface area contributed by atoms with E-state index in [4.69, 9.17) is 11.8 Å². The number of carbonyl (C=O) groups is 1. The van der Waals surface area contributed by atoms with Gasteiger partial charge in [0.2, 0.25) is 0 Å². The van der Waals surface area contributed by atoms with Gasteiger partial charge in [-0.15, -0.1) is 0 Å². The number of para-hydroxylation sites is 1. The molecule has 0 spiro atoms. The number of benzene rings is 1. The average molecular weight is 248 g/mol. The second-order valence-electron chi connectivity index (χ2n) is 3.26. The molecule has 4 nitrogen and oxygen atoms in total. The Bertz CT molecular complexity index is 490. The number of rotatable bonds is 2. The number of nitrogens with zero attached hydrogens (tertiary/aromatic N) is 2. The number of amides is 2. The minimum atomic E-state index is -0.448. The van der Waals surface area contributed by atoms with Crippen LogP contribution in [-0.4, -0.2) is 11.0 Å². The number of pyridine rings is 1. The van der Waals surface area contributed by atoms with Crippen LogP contribution in [0.3, 0.4) is 0 Å². The van der Waals surface area contributed by atoms with E-state index in [1.165, 1.54) is 0 Å². The van der Waals surface area contributed by atoms with Gasteiger partial charge < -0.3 is 5.32 Å². The Kier molecular flexibility index (Phi) is 3.57. The molecular weight excluding hydrogens is 238 g/mol. The van der Waals surface area contributed by atoms with Crippen LogP contribution in [0, 0.1) is 0 Å². The van der Waals surface area contributed by atoms with Crippen LogP contribution < -0.4 is 9.74 Å². The van der Waals surface area contributed by atoms with E-state index in [0.29, 0.717) is 11.5 Å². The monoisotopic (exact) mass is 247 g/mol. The Morgan fingerprint density at radius 2 is 1.82 bits per heavy atom. The highest BCUT2D eigenvalue weighted by molar-refractivity contribution is 6.37. The molecule has 0 atom stereocenters. The predicted octanol–water partition coefficient (Wildman–Crippen LogP) is 3.27. The lowest BCUT2D eigenvalue weighted by Crippen LogP contribution is -2.27. The van der Waals surface area contributed by atoms with Gasteiger partial charge in [0.1, 0.15) is 0 Å². The lowest BCUT2D eigenvalue weighted by Gasteiger charge is -2.13. The molecule has 5 heteroatoms. The number of hydrogen-bond acceptors (Lipinski definition) is 2. The van der Waals surface area contributed by atoms with E-state index in [-0.39, 0.29) is 0 Å². The molecule has 86 valence electrons. The standard InChI is InChI=1S/C12H10ClN3O/c13-16(11-8-4-5-9-14-11)12(17)15-10-6-2-1-3-7-10/h1-9H,(H,15,17). The van der Waals surface area contributed by atoms with Gasteiger partial charge in [-0.3, -0.25) is 0 Å². The number of carbonyl (C=O) groups excluding carboxylic acids is 1. The van der Waals surface area contributed by atoms with Gasteiger partial charge in [-0.2, -0.15) is 4.42 Å². The number of anilines is 2. The third kappa shape index (κ3) is 2.95. The lowest BCUT2D eigenvalue weighted by atomic mass is 10.3. The fraction of sp³-hybridized carbons (Fsp3) is 0. The normalized spacial score (nSPS) is 9.71. The smallest absolute Gasteiger partial charge is 0.306 e. The highest BCUT2D eigenvalue weighted by Crippen LogP contribution is 2.14. The van der Waals surface area contributed by atoms with E-state index >= 15 is 0 Å². The van der Waals surface area contributed by atoms with Crippen molar-refractivity contribution < 1.29 is 4.79 Å². The van der Waals surface area contributed by atoms with Crippen molar-refractivity contribution in [3.63, 3.8) is 0 Å². The van der Waals surface area contributed by atoms with Crippen molar-refractivity contribution in [2.45, 2.75) is 0 Å². The van der Waals surface area contributed by atoms with E-state index in [1.54, 1.807) is 36.5 Å². The molecule has 1 aromatic heterocycles. The molecule has 0 aliphatic carbocycles. The maximum atomic E-state index is 11.8. The Labute approximate surface area is 104 Å². The van der Waals surface area contributed by atoms with Crippen LogP contribution in [-0.2, 0) is 0 Å². The first-order valence-corrected chi connectivity index (χ1v) is 5.34. The zero-order valence-corrected chi connectivity index (χ0v) is 9.63. The highest BCUT2D eigenvalue weighted by Gasteiger charge is 2.13. The molecule has 2 aromatic rings. The number of halogens is 1. The molecule has 0 radical (unpaired) electrons. The van der Waals surface area contributed by atoms with Crippen LogP contribution in [0.15, 0.2) is 54.7 Å². The lowest BCUT2D eigenvalue weighted by molar-refractivity contribution is 0.260.